The molecule has 34 heavy (non-hydrogen) atoms. The third-order valence-corrected chi connectivity index (χ3v) is 6.43. The number of nitrogens with zero attached hydrogens (tertiary/aromatic N) is 3. The van der Waals surface area contributed by atoms with Crippen LogP contribution >= 0.6 is 11.6 Å². The number of carbonyl (C=O) groups is 1. The Labute approximate surface area is 202 Å². The maximum Gasteiger partial charge on any atom is 0.258 e. The van der Waals surface area contributed by atoms with Crippen LogP contribution in [0.2, 0.25) is 5.02 Å². The molecule has 182 valence electrons. The fourth-order valence-electron chi connectivity index (χ4n) is 4.58. The molecule has 1 aliphatic carbocycles. The first-order valence-electron chi connectivity index (χ1n) is 11.3. The molecule has 0 bridgehead atoms. The van der Waals surface area contributed by atoms with E-state index in [0.717, 1.165) is 0 Å². The molecule has 1 aliphatic rings. The number of aryl methyl sites for hydroxylation is 1. The van der Waals surface area contributed by atoms with E-state index in [2.05, 4.69) is 15.3 Å². The van der Waals surface area contributed by atoms with Crippen LogP contribution in [0.1, 0.15) is 73.4 Å². The van der Waals surface area contributed by atoms with Gasteiger partial charge in [-0.3, -0.25) is 9.20 Å². The molecule has 3 atom stereocenters. The lowest BCUT2D eigenvalue weighted by molar-refractivity contribution is 0.0923. The molecule has 8 nitrogen and oxygen atoms in total. The van der Waals surface area contributed by atoms with Gasteiger partial charge in [0.15, 0.2) is 5.82 Å². The zero-order valence-corrected chi connectivity index (χ0v) is 20.4. The van der Waals surface area contributed by atoms with Crippen LogP contribution in [0.15, 0.2) is 18.5 Å². The van der Waals surface area contributed by atoms with E-state index >= 15 is 4.39 Å². The van der Waals surface area contributed by atoms with Gasteiger partial charge in [-0.05, 0) is 46.1 Å². The van der Waals surface area contributed by atoms with Crippen LogP contribution in [0, 0.1) is 12.7 Å². The van der Waals surface area contributed by atoms with Gasteiger partial charge in [-0.1, -0.05) is 18.5 Å². The van der Waals surface area contributed by atoms with Crippen molar-refractivity contribution in [1.29, 1.82) is 0 Å². The van der Waals surface area contributed by atoms with Crippen LogP contribution in [0.5, 0.6) is 5.75 Å². The second-order valence-electron chi connectivity index (χ2n) is 9.08. The summed E-state index contributed by atoms with van der Waals surface area (Å²) in [5.41, 5.74) is 7.72. The summed E-state index contributed by atoms with van der Waals surface area (Å²) in [7, 11) is 0. The average molecular weight is 490 g/mol. The minimum Gasteiger partial charge on any atom is -0.490 e. The SMILES string of the molecule is Cc1nc([C@@H](C)c2cc(Cl)c(F)c(C(=O)N[C@@H]3CC[C@@H](O)C3)c2OC(C)C)n2ccnc(N)c12. The van der Waals surface area contributed by atoms with Gasteiger partial charge >= 0.3 is 0 Å². The number of halogens is 2. The van der Waals surface area contributed by atoms with Gasteiger partial charge in [0.25, 0.3) is 5.91 Å². The molecule has 10 heteroatoms. The summed E-state index contributed by atoms with van der Waals surface area (Å²) in [6.07, 6.45) is 4.16. The maximum absolute atomic E-state index is 15.3. The Kier molecular flexibility index (Phi) is 6.69. The largest absolute Gasteiger partial charge is 0.490 e. The number of rotatable bonds is 6. The molecular weight excluding hydrogens is 461 g/mol. The number of aliphatic hydroxyl groups is 1. The molecule has 1 saturated carbocycles. The monoisotopic (exact) mass is 489 g/mol. The molecule has 1 amide bonds. The summed E-state index contributed by atoms with van der Waals surface area (Å²) in [4.78, 5) is 22.1. The number of anilines is 1. The number of carbonyl (C=O) groups excluding carboxylic acids is 1. The number of ether oxygens (including phenoxy) is 1. The second kappa shape index (κ2) is 9.38. The fourth-order valence-corrected chi connectivity index (χ4v) is 4.79. The van der Waals surface area contributed by atoms with Crippen molar-refractivity contribution in [3.05, 3.63) is 51.9 Å². The van der Waals surface area contributed by atoms with Gasteiger partial charge in [0.05, 0.1) is 22.9 Å². The number of hydrogen-bond donors (Lipinski definition) is 3. The van der Waals surface area contributed by atoms with Crippen LogP contribution in [0.4, 0.5) is 10.2 Å². The number of nitrogens with one attached hydrogen (secondary N) is 1. The summed E-state index contributed by atoms with van der Waals surface area (Å²) in [6, 6.07) is 1.24. The van der Waals surface area contributed by atoms with Gasteiger partial charge in [-0.25, -0.2) is 14.4 Å². The normalized spacial score (nSPS) is 19.1. The standard InChI is InChI=1S/C24H29ClFN5O3/c1-11(2)34-21-16(12(3)23-29-13(4)20-22(27)28-7-8-31(20)23)10-17(25)19(26)18(21)24(33)30-14-5-6-15(32)9-14/h7-8,10-12,14-15,32H,5-6,9H2,1-4H3,(H2,27,28)(H,30,33)/t12-,14+,15+/m0/s1. The van der Waals surface area contributed by atoms with Crippen molar-refractivity contribution in [1.82, 2.24) is 19.7 Å². The Balaban J connectivity index is 1.84. The number of imidazole rings is 1. The van der Waals surface area contributed by atoms with Crippen molar-refractivity contribution in [3.63, 3.8) is 0 Å². The molecule has 0 saturated heterocycles. The summed E-state index contributed by atoms with van der Waals surface area (Å²) in [5, 5.41) is 12.5. The minimum atomic E-state index is -0.845. The third-order valence-electron chi connectivity index (χ3n) is 6.16. The molecule has 4 N–H and O–H groups in total. The van der Waals surface area contributed by atoms with Crippen molar-refractivity contribution < 1.29 is 19.0 Å². The Morgan fingerprint density at radius 2 is 2.12 bits per heavy atom. The predicted octanol–water partition coefficient (Wildman–Crippen LogP) is 3.99. The van der Waals surface area contributed by atoms with Crippen molar-refractivity contribution in [2.45, 2.75) is 71.1 Å². The maximum atomic E-state index is 15.3. The molecule has 0 radical (unpaired) electrons. The van der Waals surface area contributed by atoms with E-state index in [9.17, 15) is 9.90 Å². The fraction of sp³-hybridized carbons (Fsp3) is 0.458. The topological polar surface area (TPSA) is 115 Å². The van der Waals surface area contributed by atoms with E-state index in [1.807, 2.05) is 18.2 Å². The van der Waals surface area contributed by atoms with Crippen LogP contribution in [0.3, 0.4) is 0 Å². The minimum absolute atomic E-state index is 0.122. The molecule has 1 fully saturated rings. The van der Waals surface area contributed by atoms with Crippen LogP contribution in [-0.4, -0.2) is 43.6 Å². The highest BCUT2D eigenvalue weighted by Crippen LogP contribution is 2.40. The Hall–Kier alpha value is -2.91. The van der Waals surface area contributed by atoms with E-state index in [1.54, 1.807) is 26.2 Å². The zero-order chi connectivity index (χ0) is 24.7. The summed E-state index contributed by atoms with van der Waals surface area (Å²) < 4.78 is 23.2. The first-order valence-corrected chi connectivity index (χ1v) is 11.7. The van der Waals surface area contributed by atoms with E-state index in [-0.39, 0.29) is 28.5 Å². The quantitative estimate of drug-likeness (QED) is 0.482. The number of nitrogens with two attached hydrogens (primary N) is 1. The van der Waals surface area contributed by atoms with E-state index in [1.165, 1.54) is 6.07 Å². The zero-order valence-electron chi connectivity index (χ0n) is 19.6. The van der Waals surface area contributed by atoms with Crippen molar-refractivity contribution in [3.8, 4) is 5.75 Å². The lowest BCUT2D eigenvalue weighted by atomic mass is 9.95. The Morgan fingerprint density at radius 3 is 2.76 bits per heavy atom. The third kappa shape index (κ3) is 4.42. The summed E-state index contributed by atoms with van der Waals surface area (Å²) in [5.74, 6) is -0.794. The highest BCUT2D eigenvalue weighted by atomic mass is 35.5. The number of benzene rings is 1. The predicted molar refractivity (Wildman–Crippen MR) is 128 cm³/mol. The molecule has 4 rings (SSSR count). The van der Waals surface area contributed by atoms with E-state index in [0.29, 0.717) is 47.7 Å². The first kappa shape index (κ1) is 24.2. The Bertz CT molecular complexity index is 1250. The highest BCUT2D eigenvalue weighted by Gasteiger charge is 2.32. The number of fused-ring (bicyclic) bond motifs is 1. The van der Waals surface area contributed by atoms with Crippen molar-refractivity contribution >= 4 is 28.8 Å². The van der Waals surface area contributed by atoms with E-state index < -0.39 is 23.7 Å². The number of amides is 1. The molecule has 0 unspecified atom stereocenters. The van der Waals surface area contributed by atoms with Crippen LogP contribution in [-0.2, 0) is 0 Å². The lowest BCUT2D eigenvalue weighted by Gasteiger charge is -2.23. The smallest absolute Gasteiger partial charge is 0.258 e. The van der Waals surface area contributed by atoms with Crippen LogP contribution in [0.25, 0.3) is 5.52 Å². The molecule has 1 aromatic carbocycles. The van der Waals surface area contributed by atoms with E-state index in [4.69, 9.17) is 22.1 Å². The number of nitrogen functional groups attached to an aromatic ring is 1. The number of aliphatic hydroxyl groups excluding tert-OH is 1. The number of aromatic nitrogens is 3. The molecule has 2 aromatic heterocycles. The summed E-state index contributed by atoms with van der Waals surface area (Å²) in [6.45, 7) is 7.33. The van der Waals surface area contributed by atoms with Gasteiger partial charge in [0.1, 0.15) is 28.5 Å². The molecule has 0 aliphatic heterocycles. The summed E-state index contributed by atoms with van der Waals surface area (Å²) >= 11 is 6.28. The van der Waals surface area contributed by atoms with Gasteiger partial charge in [-0.2, -0.15) is 0 Å². The van der Waals surface area contributed by atoms with Crippen LogP contribution < -0.4 is 15.8 Å². The molecule has 2 heterocycles. The van der Waals surface area contributed by atoms with Crippen molar-refractivity contribution in [2.75, 3.05) is 5.73 Å². The molecule has 0 spiro atoms. The number of hydrogen-bond acceptors (Lipinski definition) is 6. The first-order chi connectivity index (χ1) is 16.1. The van der Waals surface area contributed by atoms with Gasteiger partial charge in [0, 0.05) is 29.9 Å². The van der Waals surface area contributed by atoms with Gasteiger partial charge < -0.3 is 20.9 Å². The van der Waals surface area contributed by atoms with Gasteiger partial charge in [-0.15, -0.1) is 0 Å². The average Bonchev–Trinajstić information content (AvgIpc) is 3.33. The van der Waals surface area contributed by atoms with Crippen molar-refractivity contribution in [2.24, 2.45) is 0 Å². The second-order valence-corrected chi connectivity index (χ2v) is 9.48. The van der Waals surface area contributed by atoms with Gasteiger partial charge in [0.2, 0.25) is 0 Å². The lowest BCUT2D eigenvalue weighted by Crippen LogP contribution is -2.34. The molecular formula is C24H29ClFN5O3. The Morgan fingerprint density at radius 1 is 1.38 bits per heavy atom. The highest BCUT2D eigenvalue weighted by molar-refractivity contribution is 6.31. The molecule has 3 aromatic rings.